The highest BCUT2D eigenvalue weighted by atomic mass is 32.2. The average Bonchev–Trinajstić information content (AvgIpc) is 3.30. The van der Waals surface area contributed by atoms with Gasteiger partial charge in [-0.15, -0.1) is 11.3 Å². The molecule has 1 aliphatic rings. The summed E-state index contributed by atoms with van der Waals surface area (Å²) in [5.41, 5.74) is 1.11. The molecule has 0 unspecified atom stereocenters. The summed E-state index contributed by atoms with van der Waals surface area (Å²) in [6.07, 6.45) is 2.41. The SMILES string of the molecule is CCOC(=O)c1c(S(=O)(=O)N2CCC(C(=O)Nc3nccs3)CC2)c(C)n(C)c1C. The zero-order valence-corrected chi connectivity index (χ0v) is 19.1. The third-order valence-electron chi connectivity index (χ3n) is 5.49. The van der Waals surface area contributed by atoms with Gasteiger partial charge in [-0.1, -0.05) is 0 Å². The maximum atomic E-state index is 13.4. The first-order chi connectivity index (χ1) is 14.2. The molecule has 30 heavy (non-hydrogen) atoms. The minimum atomic E-state index is -3.92. The second kappa shape index (κ2) is 8.86. The van der Waals surface area contributed by atoms with Crippen LogP contribution in [0.5, 0.6) is 0 Å². The summed E-state index contributed by atoms with van der Waals surface area (Å²) in [4.78, 5) is 29.0. The van der Waals surface area contributed by atoms with E-state index in [2.05, 4.69) is 10.3 Å². The molecule has 1 N–H and O–H groups in total. The van der Waals surface area contributed by atoms with Crippen molar-refractivity contribution in [2.75, 3.05) is 25.0 Å². The lowest BCUT2D eigenvalue weighted by molar-refractivity contribution is -0.120. The van der Waals surface area contributed by atoms with E-state index in [1.165, 1.54) is 15.6 Å². The van der Waals surface area contributed by atoms with E-state index in [-0.39, 0.29) is 42.0 Å². The number of hydrogen-bond acceptors (Lipinski definition) is 7. The zero-order valence-electron chi connectivity index (χ0n) is 17.5. The van der Waals surface area contributed by atoms with E-state index in [1.807, 2.05) is 0 Å². The molecule has 3 rings (SSSR count). The van der Waals surface area contributed by atoms with Crippen LogP contribution in [0.3, 0.4) is 0 Å². The summed E-state index contributed by atoms with van der Waals surface area (Å²) >= 11 is 1.34. The lowest BCUT2D eigenvalue weighted by Crippen LogP contribution is -2.41. The molecule has 9 nitrogen and oxygen atoms in total. The normalized spacial score (nSPS) is 15.9. The number of carbonyl (C=O) groups excluding carboxylic acids is 2. The molecule has 0 bridgehead atoms. The number of piperidine rings is 1. The molecule has 1 saturated heterocycles. The molecular formula is C19H26N4O5S2. The maximum absolute atomic E-state index is 13.4. The lowest BCUT2D eigenvalue weighted by Gasteiger charge is -2.30. The van der Waals surface area contributed by atoms with Crippen molar-refractivity contribution in [3.63, 3.8) is 0 Å². The first kappa shape index (κ1) is 22.4. The zero-order chi connectivity index (χ0) is 22.1. The number of hydrogen-bond donors (Lipinski definition) is 1. The van der Waals surface area contributed by atoms with Crippen molar-refractivity contribution in [1.82, 2.24) is 13.9 Å². The van der Waals surface area contributed by atoms with Crippen LogP contribution in [0.4, 0.5) is 5.13 Å². The lowest BCUT2D eigenvalue weighted by atomic mass is 9.97. The first-order valence-corrected chi connectivity index (χ1v) is 12.0. The summed E-state index contributed by atoms with van der Waals surface area (Å²) < 4.78 is 35.0. The number of nitrogens with one attached hydrogen (secondary N) is 1. The summed E-state index contributed by atoms with van der Waals surface area (Å²) in [7, 11) is -2.19. The standard InChI is InChI=1S/C19H26N4O5S2/c1-5-28-18(25)15-12(2)22(4)13(3)16(15)30(26,27)23-9-6-14(7-10-23)17(24)21-19-20-8-11-29-19/h8,11,14H,5-7,9-10H2,1-4H3,(H,20,21,24). The van der Waals surface area contributed by atoms with Crippen LogP contribution < -0.4 is 5.32 Å². The van der Waals surface area contributed by atoms with Crippen molar-refractivity contribution in [3.8, 4) is 0 Å². The number of thiazole rings is 1. The molecule has 3 heterocycles. The minimum Gasteiger partial charge on any atom is -0.462 e. The van der Waals surface area contributed by atoms with Gasteiger partial charge in [0.25, 0.3) is 0 Å². The molecule has 2 aromatic heterocycles. The second-order valence-electron chi connectivity index (χ2n) is 7.16. The van der Waals surface area contributed by atoms with Crippen LogP contribution in [0, 0.1) is 19.8 Å². The van der Waals surface area contributed by atoms with Gasteiger partial charge in [-0.05, 0) is 33.6 Å². The molecule has 0 saturated carbocycles. The van der Waals surface area contributed by atoms with E-state index in [0.717, 1.165) is 0 Å². The van der Waals surface area contributed by atoms with Crippen molar-refractivity contribution in [2.45, 2.75) is 38.5 Å². The van der Waals surface area contributed by atoms with Gasteiger partial charge in [-0.25, -0.2) is 18.2 Å². The summed E-state index contributed by atoms with van der Waals surface area (Å²) in [5.74, 6) is -1.08. The Morgan fingerprint density at radius 3 is 2.50 bits per heavy atom. The molecule has 2 aromatic rings. The molecule has 0 spiro atoms. The van der Waals surface area contributed by atoms with Crippen molar-refractivity contribution in [1.29, 1.82) is 0 Å². The van der Waals surface area contributed by atoms with Gasteiger partial charge in [0.15, 0.2) is 5.13 Å². The van der Waals surface area contributed by atoms with Crippen LogP contribution in [0.1, 0.15) is 41.5 Å². The Labute approximate surface area is 180 Å². The molecule has 0 atom stereocenters. The third kappa shape index (κ3) is 4.14. The Balaban J connectivity index is 1.80. The topological polar surface area (TPSA) is 111 Å². The van der Waals surface area contributed by atoms with Gasteiger partial charge < -0.3 is 14.6 Å². The van der Waals surface area contributed by atoms with E-state index in [0.29, 0.717) is 29.4 Å². The highest BCUT2D eigenvalue weighted by Crippen LogP contribution is 2.32. The number of rotatable bonds is 6. The van der Waals surface area contributed by atoms with Crippen LogP contribution in [0.15, 0.2) is 16.5 Å². The Morgan fingerprint density at radius 1 is 1.27 bits per heavy atom. The van der Waals surface area contributed by atoms with Gasteiger partial charge in [0, 0.05) is 49.0 Å². The van der Waals surface area contributed by atoms with Crippen LogP contribution in [-0.2, 0) is 26.6 Å². The number of ether oxygens (including phenoxy) is 1. The highest BCUT2D eigenvalue weighted by Gasteiger charge is 2.38. The average molecular weight is 455 g/mol. The highest BCUT2D eigenvalue weighted by molar-refractivity contribution is 7.89. The fraction of sp³-hybridized carbons (Fsp3) is 0.526. The van der Waals surface area contributed by atoms with Gasteiger partial charge >= 0.3 is 5.97 Å². The largest absolute Gasteiger partial charge is 0.462 e. The van der Waals surface area contributed by atoms with Gasteiger partial charge in [0.1, 0.15) is 10.5 Å². The Kier molecular flexibility index (Phi) is 6.63. The maximum Gasteiger partial charge on any atom is 0.341 e. The number of aromatic nitrogens is 2. The van der Waals surface area contributed by atoms with E-state index in [1.54, 1.807) is 44.0 Å². The Hall–Kier alpha value is -2.24. The van der Waals surface area contributed by atoms with Crippen LogP contribution in [-0.4, -0.2) is 53.8 Å². The van der Waals surface area contributed by atoms with E-state index in [4.69, 9.17) is 4.74 Å². The van der Waals surface area contributed by atoms with E-state index < -0.39 is 16.0 Å². The molecule has 0 radical (unpaired) electrons. The van der Waals surface area contributed by atoms with Crippen LogP contribution in [0.25, 0.3) is 0 Å². The molecular weight excluding hydrogens is 428 g/mol. The van der Waals surface area contributed by atoms with Gasteiger partial charge in [0.2, 0.25) is 15.9 Å². The van der Waals surface area contributed by atoms with Gasteiger partial charge in [-0.2, -0.15) is 4.31 Å². The minimum absolute atomic E-state index is 0.00774. The molecule has 164 valence electrons. The molecule has 1 fully saturated rings. The van der Waals surface area contributed by atoms with Gasteiger partial charge in [-0.3, -0.25) is 4.79 Å². The number of carbonyl (C=O) groups is 2. The van der Waals surface area contributed by atoms with Crippen LogP contribution >= 0.6 is 11.3 Å². The second-order valence-corrected chi connectivity index (χ2v) is 9.93. The Bertz CT molecular complexity index is 1040. The van der Waals surface area contributed by atoms with Crippen molar-refractivity contribution in [2.24, 2.45) is 13.0 Å². The van der Waals surface area contributed by atoms with Crippen molar-refractivity contribution in [3.05, 3.63) is 28.5 Å². The smallest absolute Gasteiger partial charge is 0.341 e. The summed E-state index contributed by atoms with van der Waals surface area (Å²) in [6, 6.07) is 0. The first-order valence-electron chi connectivity index (χ1n) is 9.72. The number of anilines is 1. The number of amides is 1. The quantitative estimate of drug-likeness (QED) is 0.671. The number of sulfonamides is 1. The van der Waals surface area contributed by atoms with Gasteiger partial charge in [0.05, 0.1) is 6.61 Å². The van der Waals surface area contributed by atoms with Crippen molar-refractivity contribution < 1.29 is 22.7 Å². The summed E-state index contributed by atoms with van der Waals surface area (Å²) in [5, 5.41) is 5.08. The third-order valence-corrected chi connectivity index (χ3v) is 8.24. The summed E-state index contributed by atoms with van der Waals surface area (Å²) in [6.45, 7) is 5.62. The fourth-order valence-electron chi connectivity index (χ4n) is 3.66. The monoisotopic (exact) mass is 454 g/mol. The molecule has 0 aliphatic carbocycles. The number of esters is 1. The predicted octanol–water partition coefficient (Wildman–Crippen LogP) is 2.31. The Morgan fingerprint density at radius 2 is 1.93 bits per heavy atom. The predicted molar refractivity (Wildman–Crippen MR) is 113 cm³/mol. The molecule has 1 amide bonds. The van der Waals surface area contributed by atoms with E-state index in [9.17, 15) is 18.0 Å². The van der Waals surface area contributed by atoms with E-state index >= 15 is 0 Å². The number of nitrogens with zero attached hydrogens (tertiary/aromatic N) is 3. The molecule has 1 aliphatic heterocycles. The molecule has 11 heteroatoms. The molecule has 0 aromatic carbocycles. The fourth-order valence-corrected chi connectivity index (χ4v) is 6.14. The van der Waals surface area contributed by atoms with Crippen LogP contribution in [0.2, 0.25) is 0 Å². The van der Waals surface area contributed by atoms with Crippen molar-refractivity contribution >= 4 is 38.4 Å².